The van der Waals surface area contributed by atoms with Gasteiger partial charge in [-0.1, -0.05) is 0 Å². The van der Waals surface area contributed by atoms with E-state index in [-0.39, 0.29) is 5.60 Å². The van der Waals surface area contributed by atoms with Gasteiger partial charge in [-0.2, -0.15) is 11.8 Å². The molecule has 0 aromatic rings. The van der Waals surface area contributed by atoms with Gasteiger partial charge >= 0.3 is 0 Å². The third-order valence-electron chi connectivity index (χ3n) is 4.20. The Balaban J connectivity index is 1.60. The molecule has 2 heterocycles. The van der Waals surface area contributed by atoms with Crippen LogP contribution in [0.1, 0.15) is 38.5 Å². The minimum Gasteiger partial charge on any atom is -0.374 e. The first-order valence-electron chi connectivity index (χ1n) is 6.52. The molecule has 2 unspecified atom stereocenters. The van der Waals surface area contributed by atoms with Crippen molar-refractivity contribution in [1.29, 1.82) is 0 Å². The van der Waals surface area contributed by atoms with Crippen LogP contribution in [0.3, 0.4) is 0 Å². The third kappa shape index (κ3) is 2.30. The van der Waals surface area contributed by atoms with Crippen LogP contribution < -0.4 is 0 Å². The summed E-state index contributed by atoms with van der Waals surface area (Å²) < 4.78 is 5.95. The number of ether oxygens (including phenoxy) is 1. The average molecular weight is 240 g/mol. The highest BCUT2D eigenvalue weighted by Crippen LogP contribution is 2.42. The van der Waals surface area contributed by atoms with E-state index < -0.39 is 0 Å². The molecule has 90 valence electrons. The van der Waals surface area contributed by atoms with Crippen LogP contribution in [-0.4, -0.2) is 29.5 Å². The van der Waals surface area contributed by atoms with E-state index in [2.05, 4.69) is 0 Å². The minimum absolute atomic E-state index is 0.0762. The number of thioether (sulfide) groups is 1. The van der Waals surface area contributed by atoms with E-state index in [9.17, 15) is 4.79 Å². The second-order valence-electron chi connectivity index (χ2n) is 5.64. The van der Waals surface area contributed by atoms with Crippen LogP contribution in [-0.2, 0) is 9.53 Å². The lowest BCUT2D eigenvalue weighted by Gasteiger charge is -2.37. The summed E-state index contributed by atoms with van der Waals surface area (Å²) in [4.78, 5) is 12.1. The van der Waals surface area contributed by atoms with Crippen LogP contribution in [0.4, 0.5) is 0 Å². The van der Waals surface area contributed by atoms with Crippen LogP contribution >= 0.6 is 11.8 Å². The maximum absolute atomic E-state index is 12.1. The summed E-state index contributed by atoms with van der Waals surface area (Å²) in [6.07, 6.45) is 6.56. The van der Waals surface area contributed by atoms with Crippen molar-refractivity contribution in [1.82, 2.24) is 0 Å². The molecule has 2 nitrogen and oxygen atoms in total. The predicted octanol–water partition coefficient (Wildman–Crippen LogP) is 2.66. The van der Waals surface area contributed by atoms with Crippen molar-refractivity contribution in [3.63, 3.8) is 0 Å². The van der Waals surface area contributed by atoms with Gasteiger partial charge in [-0.15, -0.1) is 0 Å². The molecule has 3 aliphatic rings. The Morgan fingerprint density at radius 1 is 1.38 bits per heavy atom. The van der Waals surface area contributed by atoms with E-state index >= 15 is 0 Å². The highest BCUT2D eigenvalue weighted by molar-refractivity contribution is 7.99. The third-order valence-corrected chi connectivity index (χ3v) is 5.43. The molecular weight excluding hydrogens is 220 g/mol. The van der Waals surface area contributed by atoms with Crippen LogP contribution in [0.15, 0.2) is 0 Å². The molecule has 0 bridgehead atoms. The quantitative estimate of drug-likeness (QED) is 0.758. The molecule has 2 atom stereocenters. The zero-order valence-corrected chi connectivity index (χ0v) is 10.6. The molecule has 3 heteroatoms. The van der Waals surface area contributed by atoms with Crippen molar-refractivity contribution in [2.45, 2.75) is 44.1 Å². The summed E-state index contributed by atoms with van der Waals surface area (Å²) >= 11 is 1.98. The molecule has 2 saturated heterocycles. The summed E-state index contributed by atoms with van der Waals surface area (Å²) in [6, 6.07) is 0. The van der Waals surface area contributed by atoms with Gasteiger partial charge < -0.3 is 4.74 Å². The topological polar surface area (TPSA) is 26.3 Å². The lowest BCUT2D eigenvalue weighted by atomic mass is 9.82. The fourth-order valence-electron chi connectivity index (χ4n) is 2.94. The predicted molar refractivity (Wildman–Crippen MR) is 65.7 cm³/mol. The molecule has 2 aliphatic heterocycles. The van der Waals surface area contributed by atoms with E-state index in [1.165, 1.54) is 18.6 Å². The summed E-state index contributed by atoms with van der Waals surface area (Å²) in [6.45, 7) is 0.807. The van der Waals surface area contributed by atoms with Crippen molar-refractivity contribution in [2.24, 2.45) is 11.8 Å². The number of carbonyl (C=O) groups is 1. The fourth-order valence-corrected chi connectivity index (χ4v) is 4.32. The lowest BCUT2D eigenvalue weighted by Crippen LogP contribution is -2.42. The monoisotopic (exact) mass is 240 g/mol. The maximum Gasteiger partial charge on any atom is 0.136 e. The van der Waals surface area contributed by atoms with Gasteiger partial charge in [0.1, 0.15) is 5.78 Å². The number of Topliss-reactive ketones (excluding diaryl/α,β-unsaturated/α-hetero) is 1. The number of hydrogen-bond acceptors (Lipinski definition) is 3. The molecule has 0 radical (unpaired) electrons. The normalized spacial score (nSPS) is 39.1. The molecule has 0 aromatic carbocycles. The van der Waals surface area contributed by atoms with Crippen LogP contribution in [0.2, 0.25) is 0 Å². The Labute approximate surface area is 101 Å². The molecule has 1 spiro atoms. The molecule has 1 saturated carbocycles. The Kier molecular flexibility index (Phi) is 3.01. The van der Waals surface area contributed by atoms with Crippen LogP contribution in [0.25, 0.3) is 0 Å². The molecule has 3 rings (SSSR count). The summed E-state index contributed by atoms with van der Waals surface area (Å²) in [7, 11) is 0. The summed E-state index contributed by atoms with van der Waals surface area (Å²) in [5.74, 6) is 3.91. The van der Waals surface area contributed by atoms with Crippen molar-refractivity contribution < 1.29 is 9.53 Å². The molecule has 0 aromatic heterocycles. The van der Waals surface area contributed by atoms with Gasteiger partial charge in [0.05, 0.1) is 5.60 Å². The van der Waals surface area contributed by atoms with Gasteiger partial charge in [0.25, 0.3) is 0 Å². The van der Waals surface area contributed by atoms with Crippen molar-refractivity contribution in [3.05, 3.63) is 0 Å². The molecule has 0 amide bonds. The number of hydrogen-bond donors (Lipinski definition) is 0. The molecule has 0 N–H and O–H groups in total. The standard InChI is InChI=1S/C13H20O2S/c14-12(7-10-1-2-10)11-3-5-15-13(8-11)4-6-16-9-13/h10-11H,1-9H2. The van der Waals surface area contributed by atoms with Gasteiger partial charge in [0, 0.05) is 24.7 Å². The van der Waals surface area contributed by atoms with Gasteiger partial charge in [0.15, 0.2) is 0 Å². The molecule has 1 aliphatic carbocycles. The number of ketones is 1. The van der Waals surface area contributed by atoms with Crippen molar-refractivity contribution in [3.8, 4) is 0 Å². The van der Waals surface area contributed by atoms with E-state index in [0.29, 0.717) is 11.7 Å². The highest BCUT2D eigenvalue weighted by atomic mass is 32.2. The maximum atomic E-state index is 12.1. The van der Waals surface area contributed by atoms with E-state index in [1.807, 2.05) is 11.8 Å². The Hall–Kier alpha value is -0.0200. The van der Waals surface area contributed by atoms with Gasteiger partial charge in [-0.05, 0) is 43.8 Å². The first-order valence-corrected chi connectivity index (χ1v) is 7.67. The van der Waals surface area contributed by atoms with E-state index in [1.54, 1.807) is 0 Å². The van der Waals surface area contributed by atoms with Crippen LogP contribution in [0, 0.1) is 11.8 Å². The zero-order valence-electron chi connectivity index (χ0n) is 9.74. The lowest BCUT2D eigenvalue weighted by molar-refractivity contribution is -0.134. The molecule has 3 fully saturated rings. The average Bonchev–Trinajstić information content (AvgIpc) is 3.00. The van der Waals surface area contributed by atoms with Gasteiger partial charge in [0.2, 0.25) is 0 Å². The first kappa shape index (κ1) is 11.1. The molecular formula is C13H20O2S. The second-order valence-corrected chi connectivity index (χ2v) is 6.74. The SMILES string of the molecule is O=C(CC1CC1)C1CCOC2(CCSC2)C1. The van der Waals surface area contributed by atoms with Gasteiger partial charge in [-0.3, -0.25) is 4.79 Å². The zero-order chi connectivity index (χ0) is 11.0. The van der Waals surface area contributed by atoms with E-state index in [0.717, 1.165) is 44.0 Å². The largest absolute Gasteiger partial charge is 0.374 e. The van der Waals surface area contributed by atoms with E-state index in [4.69, 9.17) is 4.74 Å². The molecule has 16 heavy (non-hydrogen) atoms. The van der Waals surface area contributed by atoms with Gasteiger partial charge in [-0.25, -0.2) is 0 Å². The highest BCUT2D eigenvalue weighted by Gasteiger charge is 2.42. The minimum atomic E-state index is 0.0762. The summed E-state index contributed by atoms with van der Waals surface area (Å²) in [5, 5.41) is 0. The van der Waals surface area contributed by atoms with Crippen molar-refractivity contribution in [2.75, 3.05) is 18.1 Å². The number of carbonyl (C=O) groups excluding carboxylic acids is 1. The number of rotatable bonds is 3. The smallest absolute Gasteiger partial charge is 0.136 e. The first-order chi connectivity index (χ1) is 7.77. The summed E-state index contributed by atoms with van der Waals surface area (Å²) in [5.41, 5.74) is 0.0762. The fraction of sp³-hybridized carbons (Fsp3) is 0.923. The Bertz CT molecular complexity index is 280. The Morgan fingerprint density at radius 3 is 2.94 bits per heavy atom. The van der Waals surface area contributed by atoms with Crippen LogP contribution in [0.5, 0.6) is 0 Å². The van der Waals surface area contributed by atoms with Crippen molar-refractivity contribution >= 4 is 17.5 Å². The Morgan fingerprint density at radius 2 is 2.25 bits per heavy atom. The second kappa shape index (κ2) is 4.34.